The van der Waals surface area contributed by atoms with Crippen molar-refractivity contribution in [1.29, 1.82) is 0 Å². The van der Waals surface area contributed by atoms with Gasteiger partial charge in [0.15, 0.2) is 0 Å². The molecule has 0 aliphatic heterocycles. The Morgan fingerprint density at radius 3 is 1.66 bits per heavy atom. The van der Waals surface area contributed by atoms with Crippen molar-refractivity contribution in [2.75, 3.05) is 40.9 Å². The van der Waals surface area contributed by atoms with Crippen LogP contribution in [-0.4, -0.2) is 73.4 Å². The maximum atomic E-state index is 12.8. The lowest BCUT2D eigenvalue weighted by atomic mass is 10.0. The molecule has 3 N–H and O–H groups in total. The first-order chi connectivity index (χ1) is 25.5. The van der Waals surface area contributed by atoms with Crippen LogP contribution in [0.1, 0.15) is 174 Å². The Hall–Kier alpha value is -1.54. The van der Waals surface area contributed by atoms with Crippen LogP contribution in [0.15, 0.2) is 48.6 Å². The van der Waals surface area contributed by atoms with Crippen molar-refractivity contribution in [1.82, 2.24) is 5.32 Å². The highest BCUT2D eigenvalue weighted by atomic mass is 31.2. The lowest BCUT2D eigenvalue weighted by Gasteiger charge is -2.25. The second-order valence-electron chi connectivity index (χ2n) is 15.7. The molecule has 0 aliphatic carbocycles. The number of amides is 1. The summed E-state index contributed by atoms with van der Waals surface area (Å²) < 4.78 is 23.5. The SMILES string of the molecule is CCCCC/C=C\C=C/CCCCCCCCCCCCC(=O)NC(COP(=O)(O)OCC[N+](C)(C)C)C(O)/C=C/CC/C=C/CCCCCCCC. The van der Waals surface area contributed by atoms with E-state index in [1.54, 1.807) is 6.08 Å². The van der Waals surface area contributed by atoms with Gasteiger partial charge in [0, 0.05) is 6.42 Å². The number of unbranched alkanes of at least 4 members (excludes halogenated alkanes) is 20. The van der Waals surface area contributed by atoms with E-state index in [1.165, 1.54) is 116 Å². The Bertz CT molecular complexity index is 1010. The number of nitrogens with one attached hydrogen (secondary N) is 1. The zero-order chi connectivity index (χ0) is 39.3. The van der Waals surface area contributed by atoms with Crippen LogP contribution >= 0.6 is 7.82 Å². The van der Waals surface area contributed by atoms with Crippen molar-refractivity contribution in [3.05, 3.63) is 48.6 Å². The summed E-state index contributed by atoms with van der Waals surface area (Å²) in [7, 11) is 1.54. The molecule has 0 aromatic carbocycles. The van der Waals surface area contributed by atoms with Gasteiger partial charge in [0.05, 0.1) is 39.9 Å². The summed E-state index contributed by atoms with van der Waals surface area (Å²) >= 11 is 0. The summed E-state index contributed by atoms with van der Waals surface area (Å²) in [5.41, 5.74) is 0. The fourth-order valence-electron chi connectivity index (χ4n) is 5.81. The number of allylic oxidation sites excluding steroid dienone is 7. The highest BCUT2D eigenvalue weighted by molar-refractivity contribution is 7.47. The summed E-state index contributed by atoms with van der Waals surface area (Å²) in [4.78, 5) is 23.1. The van der Waals surface area contributed by atoms with Crippen molar-refractivity contribution >= 4 is 13.7 Å². The fraction of sp³-hybridized carbons (Fsp3) is 0.795. The summed E-state index contributed by atoms with van der Waals surface area (Å²) in [6.45, 7) is 4.73. The van der Waals surface area contributed by atoms with Crippen LogP contribution in [-0.2, 0) is 18.4 Å². The number of aliphatic hydroxyl groups excluding tert-OH is 1. The number of nitrogens with zero attached hydrogens (tertiary/aromatic N) is 1. The Balaban J connectivity index is 4.43. The van der Waals surface area contributed by atoms with Crippen molar-refractivity contribution in [3.8, 4) is 0 Å². The highest BCUT2D eigenvalue weighted by Crippen LogP contribution is 2.43. The van der Waals surface area contributed by atoms with Crippen molar-refractivity contribution in [2.45, 2.75) is 187 Å². The zero-order valence-electron chi connectivity index (χ0n) is 35.0. The minimum absolute atomic E-state index is 0.0541. The molecule has 0 bridgehead atoms. The predicted molar refractivity (Wildman–Crippen MR) is 226 cm³/mol. The monoisotopic (exact) mass is 768 g/mol. The first kappa shape index (κ1) is 51.5. The number of quaternary nitrogens is 1. The van der Waals surface area contributed by atoms with E-state index in [0.717, 1.165) is 38.5 Å². The van der Waals surface area contributed by atoms with Gasteiger partial charge in [-0.25, -0.2) is 4.57 Å². The van der Waals surface area contributed by atoms with Crippen LogP contribution in [0.5, 0.6) is 0 Å². The summed E-state index contributed by atoms with van der Waals surface area (Å²) in [6.07, 6.45) is 44.6. The number of hydrogen-bond donors (Lipinski definition) is 3. The molecule has 0 saturated heterocycles. The van der Waals surface area contributed by atoms with E-state index in [0.29, 0.717) is 17.4 Å². The zero-order valence-corrected chi connectivity index (χ0v) is 35.9. The van der Waals surface area contributed by atoms with Gasteiger partial charge in [0.1, 0.15) is 13.2 Å². The molecule has 53 heavy (non-hydrogen) atoms. The number of phosphoric acid groups is 1. The Morgan fingerprint density at radius 1 is 0.642 bits per heavy atom. The Kier molecular flexibility index (Phi) is 35.1. The van der Waals surface area contributed by atoms with Crippen LogP contribution in [0.3, 0.4) is 0 Å². The van der Waals surface area contributed by atoms with Crippen LogP contribution < -0.4 is 5.32 Å². The van der Waals surface area contributed by atoms with Gasteiger partial charge in [-0.1, -0.05) is 159 Å². The van der Waals surface area contributed by atoms with Crippen molar-refractivity contribution < 1.29 is 32.9 Å². The van der Waals surface area contributed by atoms with E-state index in [2.05, 4.69) is 55.6 Å². The third kappa shape index (κ3) is 38.5. The highest BCUT2D eigenvalue weighted by Gasteiger charge is 2.27. The molecule has 1 amide bonds. The number of rotatable bonds is 38. The van der Waals surface area contributed by atoms with Gasteiger partial charge in [-0.15, -0.1) is 0 Å². The number of likely N-dealkylation sites (N-methyl/N-ethyl adjacent to an activating group) is 1. The minimum atomic E-state index is -4.34. The number of phosphoric ester groups is 1. The third-order valence-corrected chi connectivity index (χ3v) is 10.3. The van der Waals surface area contributed by atoms with Crippen LogP contribution in [0.25, 0.3) is 0 Å². The molecule has 0 rings (SSSR count). The van der Waals surface area contributed by atoms with E-state index >= 15 is 0 Å². The molecule has 0 fully saturated rings. The maximum Gasteiger partial charge on any atom is 0.472 e. The second-order valence-corrected chi connectivity index (χ2v) is 17.2. The van der Waals surface area contributed by atoms with Crippen LogP contribution in [0.4, 0.5) is 0 Å². The smallest absolute Gasteiger partial charge is 0.387 e. The van der Waals surface area contributed by atoms with E-state index in [9.17, 15) is 19.4 Å². The van der Waals surface area contributed by atoms with Gasteiger partial charge < -0.3 is 19.8 Å². The number of hydrogen-bond acceptors (Lipinski definition) is 5. The molecule has 0 aliphatic rings. The molecular weight excluding hydrogens is 683 g/mol. The van der Waals surface area contributed by atoms with Gasteiger partial charge in [0.25, 0.3) is 0 Å². The molecular formula is C44H84N2O6P+. The molecule has 3 atom stereocenters. The van der Waals surface area contributed by atoms with E-state index in [1.807, 2.05) is 27.2 Å². The molecule has 3 unspecified atom stereocenters. The number of aliphatic hydroxyl groups is 1. The van der Waals surface area contributed by atoms with Crippen LogP contribution in [0.2, 0.25) is 0 Å². The lowest BCUT2D eigenvalue weighted by Crippen LogP contribution is -2.45. The normalized spacial score (nSPS) is 14.9. The average molecular weight is 768 g/mol. The molecule has 0 spiro atoms. The molecule has 8 nitrogen and oxygen atoms in total. The average Bonchev–Trinajstić information content (AvgIpc) is 3.10. The number of carbonyl (C=O) groups excluding carboxylic acids is 1. The van der Waals surface area contributed by atoms with Gasteiger partial charge in [-0.2, -0.15) is 0 Å². The minimum Gasteiger partial charge on any atom is -0.387 e. The molecule has 310 valence electrons. The summed E-state index contributed by atoms with van der Waals surface area (Å²) in [5.74, 6) is -0.194. The fourth-order valence-corrected chi connectivity index (χ4v) is 6.55. The van der Waals surface area contributed by atoms with Gasteiger partial charge >= 0.3 is 7.82 Å². The summed E-state index contributed by atoms with van der Waals surface area (Å²) in [6, 6.07) is -0.863. The van der Waals surface area contributed by atoms with E-state index in [4.69, 9.17) is 9.05 Å². The molecule has 0 heterocycles. The van der Waals surface area contributed by atoms with E-state index < -0.39 is 20.0 Å². The predicted octanol–water partition coefficient (Wildman–Crippen LogP) is 11.7. The van der Waals surface area contributed by atoms with Gasteiger partial charge in [0.2, 0.25) is 5.91 Å². The van der Waals surface area contributed by atoms with Crippen molar-refractivity contribution in [3.63, 3.8) is 0 Å². The molecule has 0 aromatic rings. The summed E-state index contributed by atoms with van der Waals surface area (Å²) in [5, 5.41) is 13.8. The molecule has 0 saturated carbocycles. The number of carbonyl (C=O) groups is 1. The van der Waals surface area contributed by atoms with Gasteiger partial charge in [-0.05, 0) is 57.8 Å². The topological polar surface area (TPSA) is 105 Å². The Labute approximate surface area is 327 Å². The Morgan fingerprint density at radius 2 is 1.09 bits per heavy atom. The largest absolute Gasteiger partial charge is 0.472 e. The first-order valence-corrected chi connectivity index (χ1v) is 23.0. The third-order valence-electron chi connectivity index (χ3n) is 9.30. The second kappa shape index (κ2) is 36.1. The standard InChI is InChI=1S/C44H83N2O6P/c1-6-8-10-12-14-16-18-20-21-22-23-24-25-26-28-30-32-34-36-38-44(48)45-42(41-52-53(49,50)51-40-39-46(3,4)5)43(47)37-35-33-31-29-27-19-17-15-13-11-9-7-2/h14,16,18,20,27,29,35,37,42-43,47H,6-13,15,17,19,21-26,28,30-34,36,38-41H2,1-5H3,(H-,45,48,49,50)/p+1/b16-14-,20-18-,29-27+,37-35+. The molecule has 0 radical (unpaired) electrons. The maximum absolute atomic E-state index is 12.8. The van der Waals surface area contributed by atoms with Crippen molar-refractivity contribution in [2.24, 2.45) is 0 Å². The molecule has 9 heteroatoms. The molecule has 0 aromatic heterocycles. The van der Waals surface area contributed by atoms with Crippen LogP contribution in [0, 0.1) is 0 Å². The van der Waals surface area contributed by atoms with Gasteiger partial charge in [-0.3, -0.25) is 13.8 Å². The lowest BCUT2D eigenvalue weighted by molar-refractivity contribution is -0.870. The first-order valence-electron chi connectivity index (χ1n) is 21.5. The van der Waals surface area contributed by atoms with E-state index in [-0.39, 0.29) is 19.1 Å². The quantitative estimate of drug-likeness (QED) is 0.0190.